The van der Waals surface area contributed by atoms with Gasteiger partial charge in [-0.25, -0.2) is 30.8 Å². The highest BCUT2D eigenvalue weighted by Gasteiger charge is 2.28. The number of benzene rings is 1. The topological polar surface area (TPSA) is 139 Å². The molecule has 0 aliphatic carbocycles. The van der Waals surface area contributed by atoms with Crippen LogP contribution in [0.4, 0.5) is 8.78 Å². The van der Waals surface area contributed by atoms with Crippen LogP contribution in [0.3, 0.4) is 0 Å². The quantitative estimate of drug-likeness (QED) is 0.409. The summed E-state index contributed by atoms with van der Waals surface area (Å²) >= 11 is 6.28. The van der Waals surface area contributed by atoms with Gasteiger partial charge in [-0.2, -0.15) is 0 Å². The first-order valence-corrected chi connectivity index (χ1v) is 11.1. The molecule has 1 aromatic carbocycles. The Morgan fingerprint density at radius 3 is 2.18 bits per heavy atom. The fourth-order valence-electron chi connectivity index (χ4n) is 2.73. The molecule has 3 aromatic rings. The Morgan fingerprint density at radius 1 is 1.12 bits per heavy atom. The predicted molar refractivity (Wildman–Crippen MR) is 119 cm³/mol. The second-order valence-electron chi connectivity index (χ2n) is 6.44. The van der Waals surface area contributed by atoms with Crippen LogP contribution in [-0.2, 0) is 26.2 Å². The molecule has 0 radical (unpaired) electrons. The summed E-state index contributed by atoms with van der Waals surface area (Å²) in [6, 6.07) is 7.44. The lowest BCUT2D eigenvalue weighted by Gasteiger charge is -2.13. The van der Waals surface area contributed by atoms with E-state index in [1.165, 1.54) is 30.5 Å². The summed E-state index contributed by atoms with van der Waals surface area (Å²) in [4.78, 5) is 22.8. The first-order valence-electron chi connectivity index (χ1n) is 9.29. The number of carboxylic acid groups (broad SMARTS) is 2. The molecule has 0 unspecified atom stereocenters. The number of nitrogens with zero attached hydrogens (tertiary/aromatic N) is 2. The van der Waals surface area contributed by atoms with Crippen molar-refractivity contribution < 1.29 is 37.0 Å². The summed E-state index contributed by atoms with van der Waals surface area (Å²) in [6.07, 6.45) is 3.68. The fraction of sp³-hybridized carbons (Fsp3) is 0.0952. The number of hydrogen-bond donors (Lipinski definition) is 3. The molecule has 0 aliphatic heterocycles. The van der Waals surface area contributed by atoms with E-state index in [2.05, 4.69) is 10.3 Å². The van der Waals surface area contributed by atoms with Gasteiger partial charge >= 0.3 is 11.9 Å². The van der Waals surface area contributed by atoms with Gasteiger partial charge in [0.1, 0.15) is 21.7 Å². The molecule has 0 spiro atoms. The van der Waals surface area contributed by atoms with Crippen LogP contribution in [0.5, 0.6) is 0 Å². The number of carbonyl (C=O) groups is 2. The van der Waals surface area contributed by atoms with E-state index in [4.69, 9.17) is 21.8 Å². The zero-order valence-corrected chi connectivity index (χ0v) is 19.0. The van der Waals surface area contributed by atoms with Crippen LogP contribution in [0.2, 0.25) is 5.15 Å². The SMILES string of the molecule is CNCc1cc(-c2c(F)cccc2F)n(S(=O)(=O)c2cccnc2)c1Cl.O=C(O)C=CC(=O)O. The van der Waals surface area contributed by atoms with Gasteiger partial charge in [-0.1, -0.05) is 17.7 Å². The molecule has 180 valence electrons. The Balaban J connectivity index is 0.000000440. The van der Waals surface area contributed by atoms with Crippen molar-refractivity contribution in [1.82, 2.24) is 14.3 Å². The molecule has 2 aromatic heterocycles. The van der Waals surface area contributed by atoms with Crippen molar-refractivity contribution in [2.45, 2.75) is 11.4 Å². The van der Waals surface area contributed by atoms with E-state index in [0.29, 0.717) is 17.7 Å². The second-order valence-corrected chi connectivity index (χ2v) is 8.59. The molecule has 9 nitrogen and oxygen atoms in total. The van der Waals surface area contributed by atoms with E-state index >= 15 is 0 Å². The van der Waals surface area contributed by atoms with Gasteiger partial charge in [0.25, 0.3) is 10.0 Å². The molecule has 0 saturated carbocycles. The monoisotopic (exact) mass is 513 g/mol. The first kappa shape index (κ1) is 26.6. The molecular weight excluding hydrogens is 496 g/mol. The van der Waals surface area contributed by atoms with E-state index < -0.39 is 39.2 Å². The van der Waals surface area contributed by atoms with E-state index in [1.54, 1.807) is 7.05 Å². The highest BCUT2D eigenvalue weighted by Crippen LogP contribution is 2.35. The van der Waals surface area contributed by atoms with Crippen molar-refractivity contribution in [2.75, 3.05) is 7.05 Å². The zero-order chi connectivity index (χ0) is 25.5. The predicted octanol–water partition coefficient (Wildman–Crippen LogP) is 3.15. The lowest BCUT2D eigenvalue weighted by molar-refractivity contribution is -0.134. The molecule has 0 bridgehead atoms. The van der Waals surface area contributed by atoms with Gasteiger partial charge in [0.05, 0.1) is 11.3 Å². The van der Waals surface area contributed by atoms with E-state index in [9.17, 15) is 26.8 Å². The van der Waals surface area contributed by atoms with Crippen molar-refractivity contribution >= 4 is 33.6 Å². The van der Waals surface area contributed by atoms with E-state index in [-0.39, 0.29) is 22.3 Å². The average molecular weight is 514 g/mol. The summed E-state index contributed by atoms with van der Waals surface area (Å²) in [5.74, 6) is -4.30. The van der Waals surface area contributed by atoms with Gasteiger partial charge in [-0.05, 0) is 37.4 Å². The van der Waals surface area contributed by atoms with Crippen molar-refractivity contribution in [1.29, 1.82) is 0 Å². The van der Waals surface area contributed by atoms with Gasteiger partial charge in [0.15, 0.2) is 0 Å². The molecule has 3 rings (SSSR count). The summed E-state index contributed by atoms with van der Waals surface area (Å²) in [5.41, 5.74) is -0.275. The number of carboxylic acids is 2. The average Bonchev–Trinajstić information content (AvgIpc) is 3.10. The minimum Gasteiger partial charge on any atom is -0.478 e. The van der Waals surface area contributed by atoms with Gasteiger partial charge in [-0.3, -0.25) is 4.98 Å². The molecule has 0 fully saturated rings. The maximum atomic E-state index is 14.3. The number of halogens is 3. The molecule has 2 heterocycles. The molecule has 0 amide bonds. The molecule has 0 saturated heterocycles. The Morgan fingerprint density at radius 2 is 1.71 bits per heavy atom. The van der Waals surface area contributed by atoms with Gasteiger partial charge in [0.2, 0.25) is 0 Å². The highest BCUT2D eigenvalue weighted by atomic mass is 35.5. The van der Waals surface area contributed by atoms with Crippen molar-refractivity contribution in [3.8, 4) is 11.3 Å². The van der Waals surface area contributed by atoms with Crippen LogP contribution < -0.4 is 5.32 Å². The maximum Gasteiger partial charge on any atom is 0.328 e. The number of aromatic nitrogens is 2. The van der Waals surface area contributed by atoms with Crippen LogP contribution in [-0.4, -0.2) is 46.6 Å². The first-order chi connectivity index (χ1) is 16.0. The van der Waals surface area contributed by atoms with Crippen LogP contribution >= 0.6 is 11.6 Å². The van der Waals surface area contributed by atoms with Crippen molar-refractivity contribution in [3.63, 3.8) is 0 Å². The number of aliphatic carboxylic acids is 2. The molecular formula is C21H18ClF2N3O6S. The smallest absolute Gasteiger partial charge is 0.328 e. The van der Waals surface area contributed by atoms with Gasteiger partial charge in [-0.15, -0.1) is 0 Å². The highest BCUT2D eigenvalue weighted by molar-refractivity contribution is 7.90. The minimum absolute atomic E-state index is 0.147. The summed E-state index contributed by atoms with van der Waals surface area (Å²) in [7, 11) is -2.57. The summed E-state index contributed by atoms with van der Waals surface area (Å²) < 4.78 is 55.5. The third-order valence-corrected chi connectivity index (χ3v) is 6.31. The Bertz CT molecular complexity index is 1290. The second kappa shape index (κ2) is 11.5. The van der Waals surface area contributed by atoms with Crippen LogP contribution in [0.15, 0.2) is 65.8 Å². The van der Waals surface area contributed by atoms with Crippen molar-refractivity contribution in [3.05, 3.63) is 83.3 Å². The van der Waals surface area contributed by atoms with E-state index in [1.807, 2.05) is 0 Å². The number of rotatable bonds is 7. The largest absolute Gasteiger partial charge is 0.478 e. The van der Waals surface area contributed by atoms with Crippen LogP contribution in [0.25, 0.3) is 11.3 Å². The Hall–Kier alpha value is -3.61. The summed E-state index contributed by atoms with van der Waals surface area (Å²) in [6.45, 7) is 0.220. The number of hydrogen-bond acceptors (Lipinski definition) is 6. The molecule has 3 N–H and O–H groups in total. The lowest BCUT2D eigenvalue weighted by atomic mass is 10.1. The number of pyridine rings is 1. The van der Waals surface area contributed by atoms with Crippen LogP contribution in [0, 0.1) is 11.6 Å². The molecule has 13 heteroatoms. The third-order valence-electron chi connectivity index (χ3n) is 4.10. The minimum atomic E-state index is -4.22. The third kappa shape index (κ3) is 6.25. The van der Waals surface area contributed by atoms with Gasteiger partial charge in [0, 0.05) is 36.7 Å². The molecule has 34 heavy (non-hydrogen) atoms. The normalized spacial score (nSPS) is 11.2. The van der Waals surface area contributed by atoms with Crippen molar-refractivity contribution in [2.24, 2.45) is 0 Å². The Kier molecular flexibility index (Phi) is 9.01. The molecule has 0 aliphatic rings. The van der Waals surface area contributed by atoms with Crippen LogP contribution in [0.1, 0.15) is 5.56 Å². The maximum absolute atomic E-state index is 14.3. The summed E-state index contributed by atoms with van der Waals surface area (Å²) in [5, 5.41) is 18.3. The Labute approximate surface area is 198 Å². The lowest BCUT2D eigenvalue weighted by Crippen LogP contribution is -2.15. The van der Waals surface area contributed by atoms with Gasteiger partial charge < -0.3 is 15.5 Å². The number of nitrogens with one attached hydrogen (secondary N) is 1. The molecule has 0 atom stereocenters. The zero-order valence-electron chi connectivity index (χ0n) is 17.4. The van der Waals surface area contributed by atoms with E-state index in [0.717, 1.165) is 22.3 Å². The fourth-order valence-corrected chi connectivity index (χ4v) is 4.60. The standard InChI is InChI=1S/C17H14ClF2N3O2S.C4H4O4/c1-21-9-11-8-15(16-13(19)5-2-6-14(16)20)23(17(11)18)26(24,25)12-4-3-7-22-10-12;5-3(6)1-2-4(7)8/h2-8,10,21H,9H2,1H3;1-2H,(H,5,6)(H,7,8).